The molecule has 156 valence electrons. The Hall–Kier alpha value is -3.06. The number of amides is 3. The van der Waals surface area contributed by atoms with Crippen LogP contribution >= 0.6 is 11.8 Å². The van der Waals surface area contributed by atoms with Gasteiger partial charge in [-0.3, -0.25) is 19.3 Å². The smallest absolute Gasteiger partial charge is 0.294 e. The summed E-state index contributed by atoms with van der Waals surface area (Å²) >= 11 is 0.825. The minimum Gasteiger partial charge on any atom is -0.496 e. The van der Waals surface area contributed by atoms with Crippen molar-refractivity contribution >= 4 is 40.6 Å². The first-order valence-corrected chi connectivity index (χ1v) is 10.4. The van der Waals surface area contributed by atoms with E-state index in [-0.39, 0.29) is 11.4 Å². The van der Waals surface area contributed by atoms with Gasteiger partial charge in [0.1, 0.15) is 12.3 Å². The average Bonchev–Trinajstić information content (AvgIpc) is 2.97. The molecule has 3 rings (SSSR count). The fraction of sp³-hybridized carbons (Fsp3) is 0.261. The van der Waals surface area contributed by atoms with Crippen LogP contribution in [0, 0.1) is 6.92 Å². The molecule has 1 saturated heterocycles. The van der Waals surface area contributed by atoms with Gasteiger partial charge in [0.25, 0.3) is 11.1 Å². The summed E-state index contributed by atoms with van der Waals surface area (Å²) in [5, 5.41) is 2.27. The first-order chi connectivity index (χ1) is 14.3. The van der Waals surface area contributed by atoms with Crippen molar-refractivity contribution in [1.82, 2.24) is 4.90 Å². The number of nitrogens with zero attached hydrogens (tertiary/aromatic N) is 1. The average molecular weight is 425 g/mol. The van der Waals surface area contributed by atoms with Crippen LogP contribution in [0.1, 0.15) is 36.5 Å². The van der Waals surface area contributed by atoms with Gasteiger partial charge in [-0.15, -0.1) is 0 Å². The van der Waals surface area contributed by atoms with E-state index in [1.165, 1.54) is 0 Å². The van der Waals surface area contributed by atoms with Crippen molar-refractivity contribution in [3.05, 3.63) is 64.1 Å². The summed E-state index contributed by atoms with van der Waals surface area (Å²) in [6.07, 6.45) is 1.63. The molecule has 0 radical (unpaired) electrons. The normalized spacial score (nSPS) is 15.2. The van der Waals surface area contributed by atoms with Crippen LogP contribution < -0.4 is 10.1 Å². The zero-order valence-electron chi connectivity index (χ0n) is 17.4. The highest BCUT2D eigenvalue weighted by atomic mass is 32.2. The number of methoxy groups -OCH3 is 1. The highest BCUT2D eigenvalue weighted by Crippen LogP contribution is 2.33. The van der Waals surface area contributed by atoms with E-state index in [4.69, 9.17) is 4.74 Å². The lowest BCUT2D eigenvalue weighted by atomic mass is 10.0. The molecule has 1 aliphatic rings. The van der Waals surface area contributed by atoms with Gasteiger partial charge in [-0.05, 0) is 65.6 Å². The van der Waals surface area contributed by atoms with E-state index in [1.54, 1.807) is 19.3 Å². The molecule has 6 nitrogen and oxygen atoms in total. The first kappa shape index (κ1) is 21.6. The maximum absolute atomic E-state index is 12.7. The number of benzene rings is 2. The molecular weight excluding hydrogens is 400 g/mol. The van der Waals surface area contributed by atoms with Crippen molar-refractivity contribution in [2.75, 3.05) is 19.0 Å². The molecule has 2 aromatic carbocycles. The Morgan fingerprint density at radius 1 is 1.17 bits per heavy atom. The van der Waals surface area contributed by atoms with Gasteiger partial charge in [-0.25, -0.2) is 0 Å². The van der Waals surface area contributed by atoms with Gasteiger partial charge in [-0.1, -0.05) is 38.1 Å². The zero-order valence-corrected chi connectivity index (χ0v) is 18.2. The van der Waals surface area contributed by atoms with Crippen LogP contribution in [-0.4, -0.2) is 35.6 Å². The lowest BCUT2D eigenvalue weighted by molar-refractivity contribution is -0.127. The summed E-state index contributed by atoms with van der Waals surface area (Å²) in [6, 6.07) is 13.0. The van der Waals surface area contributed by atoms with Gasteiger partial charge >= 0.3 is 0 Å². The molecular formula is C23H24N2O4S. The Kier molecular flexibility index (Phi) is 6.62. The SMILES string of the molecule is COc1cc(/C=C2/SC(=O)N(CC(=O)Nc3ccc(C(C)C)cc3)C2=O)ccc1C. The van der Waals surface area contributed by atoms with Gasteiger partial charge in [-0.2, -0.15) is 0 Å². The van der Waals surface area contributed by atoms with E-state index in [9.17, 15) is 14.4 Å². The standard InChI is InChI=1S/C23H24N2O4S/c1-14(2)17-7-9-18(10-8-17)24-21(26)13-25-22(27)20(30-23(25)28)12-16-6-5-15(3)19(11-16)29-4/h5-12,14H,13H2,1-4H3,(H,24,26)/b20-12+. The van der Waals surface area contributed by atoms with E-state index in [2.05, 4.69) is 19.2 Å². The zero-order chi connectivity index (χ0) is 21.8. The summed E-state index contributed by atoms with van der Waals surface area (Å²) in [5.41, 5.74) is 3.51. The van der Waals surface area contributed by atoms with Gasteiger partial charge < -0.3 is 10.1 Å². The second-order valence-electron chi connectivity index (χ2n) is 7.32. The third kappa shape index (κ3) is 4.91. The van der Waals surface area contributed by atoms with E-state index in [0.29, 0.717) is 17.4 Å². The predicted octanol–water partition coefficient (Wildman–Crippen LogP) is 4.80. The minimum atomic E-state index is -0.477. The Morgan fingerprint density at radius 2 is 1.87 bits per heavy atom. The molecule has 0 bridgehead atoms. The molecule has 0 saturated carbocycles. The molecule has 1 aliphatic heterocycles. The van der Waals surface area contributed by atoms with Crippen LogP contribution in [0.15, 0.2) is 47.4 Å². The third-order valence-corrected chi connectivity index (χ3v) is 5.67. The Balaban J connectivity index is 1.68. The van der Waals surface area contributed by atoms with Gasteiger partial charge in [0.15, 0.2) is 0 Å². The molecule has 0 unspecified atom stereocenters. The molecule has 1 heterocycles. The monoisotopic (exact) mass is 424 g/mol. The largest absolute Gasteiger partial charge is 0.496 e. The maximum Gasteiger partial charge on any atom is 0.294 e. The van der Waals surface area contributed by atoms with Crippen molar-refractivity contribution in [2.24, 2.45) is 0 Å². The number of hydrogen-bond acceptors (Lipinski definition) is 5. The molecule has 1 fully saturated rings. The molecule has 7 heteroatoms. The predicted molar refractivity (Wildman–Crippen MR) is 120 cm³/mol. The Labute approximate surface area is 180 Å². The van der Waals surface area contributed by atoms with Crippen LogP contribution in [0.4, 0.5) is 10.5 Å². The van der Waals surface area contributed by atoms with Crippen LogP contribution in [-0.2, 0) is 9.59 Å². The van der Waals surface area contributed by atoms with Crippen molar-refractivity contribution < 1.29 is 19.1 Å². The highest BCUT2D eigenvalue weighted by Gasteiger charge is 2.36. The summed E-state index contributed by atoms with van der Waals surface area (Å²) in [4.78, 5) is 38.5. The van der Waals surface area contributed by atoms with E-state index in [0.717, 1.165) is 33.4 Å². The van der Waals surface area contributed by atoms with Crippen LogP contribution in [0.2, 0.25) is 0 Å². The minimum absolute atomic E-state index is 0.278. The molecule has 0 aliphatic carbocycles. The number of anilines is 1. The summed E-state index contributed by atoms with van der Waals surface area (Å²) in [7, 11) is 1.58. The van der Waals surface area contributed by atoms with Crippen LogP contribution in [0.5, 0.6) is 5.75 Å². The van der Waals surface area contributed by atoms with Crippen molar-refractivity contribution in [1.29, 1.82) is 0 Å². The number of imide groups is 1. The second kappa shape index (κ2) is 9.17. The molecule has 1 N–H and O–H groups in total. The number of carbonyl (C=O) groups is 3. The number of hydrogen-bond donors (Lipinski definition) is 1. The highest BCUT2D eigenvalue weighted by molar-refractivity contribution is 8.18. The number of ether oxygens (including phenoxy) is 1. The number of carbonyl (C=O) groups excluding carboxylic acids is 3. The van der Waals surface area contributed by atoms with Crippen molar-refractivity contribution in [3.8, 4) is 5.75 Å². The van der Waals surface area contributed by atoms with E-state index < -0.39 is 17.1 Å². The molecule has 0 spiro atoms. The van der Waals surface area contributed by atoms with Crippen LogP contribution in [0.25, 0.3) is 6.08 Å². The van der Waals surface area contributed by atoms with E-state index in [1.807, 2.05) is 43.3 Å². The summed E-state index contributed by atoms with van der Waals surface area (Å²) in [5.74, 6) is 0.193. The Bertz CT molecular complexity index is 1010. The third-order valence-electron chi connectivity index (χ3n) is 4.77. The van der Waals surface area contributed by atoms with Gasteiger partial charge in [0.2, 0.25) is 5.91 Å². The summed E-state index contributed by atoms with van der Waals surface area (Å²) in [6.45, 7) is 5.78. The maximum atomic E-state index is 12.7. The van der Waals surface area contributed by atoms with Gasteiger partial charge in [0, 0.05) is 5.69 Å². The number of aryl methyl sites for hydroxylation is 1. The molecule has 3 amide bonds. The lowest BCUT2D eigenvalue weighted by Crippen LogP contribution is -2.36. The molecule has 2 aromatic rings. The fourth-order valence-electron chi connectivity index (χ4n) is 3.01. The fourth-order valence-corrected chi connectivity index (χ4v) is 3.85. The molecule has 0 aromatic heterocycles. The number of thioether (sulfide) groups is 1. The molecule has 30 heavy (non-hydrogen) atoms. The van der Waals surface area contributed by atoms with Crippen molar-refractivity contribution in [3.63, 3.8) is 0 Å². The van der Waals surface area contributed by atoms with Gasteiger partial charge in [0.05, 0.1) is 12.0 Å². The van der Waals surface area contributed by atoms with E-state index >= 15 is 0 Å². The topological polar surface area (TPSA) is 75.7 Å². The number of nitrogens with one attached hydrogen (secondary N) is 1. The van der Waals surface area contributed by atoms with Crippen molar-refractivity contribution in [2.45, 2.75) is 26.7 Å². The molecule has 0 atom stereocenters. The quantitative estimate of drug-likeness (QED) is 0.674. The van der Waals surface area contributed by atoms with Crippen LogP contribution in [0.3, 0.4) is 0 Å². The lowest BCUT2D eigenvalue weighted by Gasteiger charge is -2.13. The summed E-state index contributed by atoms with van der Waals surface area (Å²) < 4.78 is 5.30. The second-order valence-corrected chi connectivity index (χ2v) is 8.31. The Morgan fingerprint density at radius 3 is 2.50 bits per heavy atom. The first-order valence-electron chi connectivity index (χ1n) is 9.58. The number of rotatable bonds is 6.